The molecule has 0 saturated heterocycles. The molecule has 0 atom stereocenters. The van der Waals surface area contributed by atoms with Crippen molar-refractivity contribution in [3.05, 3.63) is 83.4 Å². The minimum absolute atomic E-state index is 0.240. The Hall–Kier alpha value is -3.76. The Morgan fingerprint density at radius 3 is 2.49 bits per heavy atom. The van der Waals surface area contributed by atoms with Crippen LogP contribution in [0.15, 0.2) is 65.7 Å². The maximum Gasteiger partial charge on any atom is 0.242 e. The third-order valence-electron chi connectivity index (χ3n) is 5.67. The second-order valence-electron chi connectivity index (χ2n) is 8.26. The monoisotopic (exact) mass is 492 g/mol. The van der Waals surface area contributed by atoms with Crippen LogP contribution in [0.3, 0.4) is 0 Å². The Morgan fingerprint density at radius 2 is 1.80 bits per heavy atom. The van der Waals surface area contributed by atoms with E-state index in [0.717, 1.165) is 34.1 Å². The summed E-state index contributed by atoms with van der Waals surface area (Å²) < 4.78 is 33.3. The second kappa shape index (κ2) is 9.85. The van der Waals surface area contributed by atoms with E-state index in [2.05, 4.69) is 20.4 Å². The van der Waals surface area contributed by atoms with Gasteiger partial charge in [0.15, 0.2) is 0 Å². The van der Waals surface area contributed by atoms with E-state index in [4.69, 9.17) is 4.74 Å². The smallest absolute Gasteiger partial charge is 0.242 e. The van der Waals surface area contributed by atoms with Crippen LogP contribution in [0.25, 0.3) is 5.69 Å². The van der Waals surface area contributed by atoms with Crippen LogP contribution >= 0.6 is 0 Å². The van der Waals surface area contributed by atoms with Gasteiger partial charge >= 0.3 is 0 Å². The van der Waals surface area contributed by atoms with Crippen molar-refractivity contribution in [2.45, 2.75) is 25.2 Å². The maximum absolute atomic E-state index is 12.5. The highest BCUT2D eigenvalue weighted by Gasteiger charge is 2.18. The van der Waals surface area contributed by atoms with Crippen molar-refractivity contribution in [3.63, 3.8) is 0 Å². The maximum atomic E-state index is 12.5. The molecule has 0 amide bonds. The molecule has 0 saturated carbocycles. The highest BCUT2D eigenvalue weighted by Crippen LogP contribution is 2.27. The van der Waals surface area contributed by atoms with Gasteiger partial charge in [-0.15, -0.1) is 0 Å². The Morgan fingerprint density at radius 1 is 1.06 bits per heavy atom. The average Bonchev–Trinajstić information content (AvgIpc) is 3.13. The molecule has 9 nitrogen and oxygen atoms in total. The Kier molecular flexibility index (Phi) is 6.86. The molecule has 4 aromatic rings. The number of aryl methyl sites for hydroxylation is 1. The van der Waals surface area contributed by atoms with Crippen molar-refractivity contribution < 1.29 is 13.2 Å². The average molecular weight is 493 g/mol. The number of aromatic nitrogens is 4. The summed E-state index contributed by atoms with van der Waals surface area (Å²) in [6.07, 6.45) is 2.07. The van der Waals surface area contributed by atoms with Crippen LogP contribution < -0.4 is 10.1 Å². The van der Waals surface area contributed by atoms with Gasteiger partial charge in [0.1, 0.15) is 23.2 Å². The van der Waals surface area contributed by atoms with Gasteiger partial charge in [-0.05, 0) is 61.9 Å². The lowest BCUT2D eigenvalue weighted by atomic mass is 10.1. The number of anilines is 2. The van der Waals surface area contributed by atoms with E-state index in [0.29, 0.717) is 18.1 Å². The van der Waals surface area contributed by atoms with Gasteiger partial charge in [0.2, 0.25) is 10.0 Å². The molecule has 1 N–H and O–H groups in total. The summed E-state index contributed by atoms with van der Waals surface area (Å²) in [5.74, 6) is 2.76. The molecule has 0 bridgehead atoms. The highest BCUT2D eigenvalue weighted by atomic mass is 32.2. The zero-order valence-corrected chi connectivity index (χ0v) is 21.2. The largest absolute Gasteiger partial charge is 0.497 e. The topological polar surface area (TPSA) is 102 Å². The molecular formula is C25H28N6O3S. The summed E-state index contributed by atoms with van der Waals surface area (Å²) in [7, 11) is 1.15. The first-order chi connectivity index (χ1) is 16.7. The molecule has 0 fully saturated rings. The molecule has 35 heavy (non-hydrogen) atoms. The van der Waals surface area contributed by atoms with Crippen molar-refractivity contribution in [2.75, 3.05) is 26.5 Å². The van der Waals surface area contributed by atoms with Gasteiger partial charge in [0.05, 0.1) is 23.4 Å². The van der Waals surface area contributed by atoms with Crippen LogP contribution in [-0.4, -0.2) is 53.7 Å². The summed E-state index contributed by atoms with van der Waals surface area (Å²) in [4.78, 5) is 9.28. The lowest BCUT2D eigenvalue weighted by Gasteiger charge is -2.13. The van der Waals surface area contributed by atoms with Gasteiger partial charge in [-0.3, -0.25) is 0 Å². The van der Waals surface area contributed by atoms with Crippen LogP contribution in [0.2, 0.25) is 0 Å². The number of ether oxygens (including phenoxy) is 1. The van der Waals surface area contributed by atoms with Crippen molar-refractivity contribution >= 4 is 21.7 Å². The summed E-state index contributed by atoms with van der Waals surface area (Å²) >= 11 is 0. The Bertz CT molecular complexity index is 1450. The third-order valence-corrected chi connectivity index (χ3v) is 7.48. The number of hydrogen-bond acceptors (Lipinski definition) is 7. The molecule has 2 heterocycles. The van der Waals surface area contributed by atoms with E-state index in [1.807, 2.05) is 48.9 Å². The van der Waals surface area contributed by atoms with Gasteiger partial charge in [-0.2, -0.15) is 5.10 Å². The van der Waals surface area contributed by atoms with E-state index < -0.39 is 10.0 Å². The van der Waals surface area contributed by atoms with Crippen LogP contribution in [0, 0.1) is 13.8 Å². The van der Waals surface area contributed by atoms with Gasteiger partial charge in [-0.1, -0.05) is 12.1 Å². The molecule has 0 spiro atoms. The number of rotatable bonds is 8. The molecule has 0 aliphatic rings. The van der Waals surface area contributed by atoms with Crippen molar-refractivity contribution in [1.82, 2.24) is 24.1 Å². The van der Waals surface area contributed by atoms with Crippen molar-refractivity contribution in [2.24, 2.45) is 0 Å². The lowest BCUT2D eigenvalue weighted by Crippen LogP contribution is -2.22. The number of hydrogen-bond donors (Lipinski definition) is 1. The minimum Gasteiger partial charge on any atom is -0.497 e. The van der Waals surface area contributed by atoms with Crippen molar-refractivity contribution in [3.8, 4) is 11.4 Å². The van der Waals surface area contributed by atoms with E-state index in [9.17, 15) is 8.42 Å². The molecule has 4 rings (SSSR count). The molecule has 10 heteroatoms. The first-order valence-corrected chi connectivity index (χ1v) is 12.4. The molecule has 0 radical (unpaired) electrons. The van der Waals surface area contributed by atoms with Crippen LogP contribution in [-0.2, 0) is 16.4 Å². The summed E-state index contributed by atoms with van der Waals surface area (Å²) in [5, 5.41) is 8.06. The van der Waals surface area contributed by atoms with E-state index >= 15 is 0 Å². The van der Waals surface area contributed by atoms with Gasteiger partial charge in [0.25, 0.3) is 0 Å². The highest BCUT2D eigenvalue weighted by molar-refractivity contribution is 7.89. The lowest BCUT2D eigenvalue weighted by molar-refractivity contribution is 0.414. The normalized spacial score (nSPS) is 11.6. The summed E-state index contributed by atoms with van der Waals surface area (Å²) in [6.45, 7) is 3.96. The van der Waals surface area contributed by atoms with Crippen molar-refractivity contribution in [1.29, 1.82) is 0 Å². The molecule has 0 aliphatic heterocycles. The first kappa shape index (κ1) is 24.4. The molecule has 182 valence electrons. The zero-order valence-electron chi connectivity index (χ0n) is 20.3. The number of nitrogens with one attached hydrogen (secondary N) is 1. The number of methoxy groups -OCH3 is 1. The third kappa shape index (κ3) is 5.18. The standard InChI is InChI=1S/C25H28N6O3S/c1-17-18(2)29-31(20-9-11-21(34-5)12-10-20)25(17)28-23-13-14-26-24(27-23)16-19-7-6-8-22(15-19)35(32,33)30(3)4/h6-15H,16H2,1-5H3,(H,26,27,28). The fourth-order valence-electron chi connectivity index (χ4n) is 3.55. The minimum atomic E-state index is -3.52. The van der Waals surface area contributed by atoms with Crippen LogP contribution in [0.5, 0.6) is 5.75 Å². The number of benzene rings is 2. The molecular weight excluding hydrogens is 464 g/mol. The van der Waals surface area contributed by atoms with E-state index in [1.54, 1.807) is 37.6 Å². The first-order valence-electron chi connectivity index (χ1n) is 11.0. The predicted molar refractivity (Wildman–Crippen MR) is 135 cm³/mol. The van der Waals surface area contributed by atoms with Gasteiger partial charge in [-0.25, -0.2) is 27.4 Å². The molecule has 2 aromatic heterocycles. The number of sulfonamides is 1. The Balaban J connectivity index is 1.61. The SMILES string of the molecule is COc1ccc(-n2nc(C)c(C)c2Nc2ccnc(Cc3cccc(S(=O)(=O)N(C)C)c3)n2)cc1. The van der Waals surface area contributed by atoms with Crippen LogP contribution in [0.4, 0.5) is 11.6 Å². The van der Waals surface area contributed by atoms with Gasteiger partial charge in [0, 0.05) is 32.3 Å². The zero-order chi connectivity index (χ0) is 25.2. The van der Waals surface area contributed by atoms with E-state index in [1.165, 1.54) is 18.4 Å². The predicted octanol–water partition coefficient (Wildman–Crippen LogP) is 3.87. The van der Waals surface area contributed by atoms with E-state index in [-0.39, 0.29) is 4.90 Å². The fourth-order valence-corrected chi connectivity index (χ4v) is 4.52. The van der Waals surface area contributed by atoms with Gasteiger partial charge < -0.3 is 10.1 Å². The molecule has 0 unspecified atom stereocenters. The summed E-state index contributed by atoms with van der Waals surface area (Å²) in [5.41, 5.74) is 3.59. The fraction of sp³-hybridized carbons (Fsp3) is 0.240. The number of nitrogens with zero attached hydrogens (tertiary/aromatic N) is 5. The Labute approximate surface area is 205 Å². The van der Waals surface area contributed by atoms with Crippen LogP contribution in [0.1, 0.15) is 22.6 Å². The molecule has 2 aromatic carbocycles. The summed E-state index contributed by atoms with van der Waals surface area (Å²) in [6, 6.07) is 16.3. The quantitative estimate of drug-likeness (QED) is 0.398. The second-order valence-corrected chi connectivity index (χ2v) is 10.4. The molecule has 0 aliphatic carbocycles.